The Morgan fingerprint density at radius 1 is 0.322 bits per heavy atom. The molecule has 0 aliphatic heterocycles. The Hall–Kier alpha value is -7.42. The molecule has 9 aromatic carbocycles. The molecule has 2 heteroatoms. The normalized spacial score (nSPS) is 12.7. The molecule has 1 aliphatic rings. The van der Waals surface area contributed by atoms with Gasteiger partial charge < -0.3 is 0 Å². The van der Waals surface area contributed by atoms with Crippen LogP contribution >= 0.6 is 0 Å². The third kappa shape index (κ3) is 5.87. The molecule has 0 unspecified atom stereocenters. The van der Waals surface area contributed by atoms with Crippen LogP contribution in [0.4, 0.5) is 0 Å². The lowest BCUT2D eigenvalue weighted by Gasteiger charge is -2.22. The van der Waals surface area contributed by atoms with Gasteiger partial charge >= 0.3 is 0 Å². The van der Waals surface area contributed by atoms with E-state index < -0.39 is 0 Å². The summed E-state index contributed by atoms with van der Waals surface area (Å²) in [6, 6.07) is 74.3. The number of aromatic nitrogens is 2. The standard InChI is InChI=1S/C57H40N2/c1-57(2)51-27-15-26-49(55(51)50-34-41-20-9-10-21-42(41)35-52(50)57)47-33-32-46(43-22-11-12-23-44(43)47)45-24-13-14-25-48(45)54-36-53(58-56(59-54)40-18-7-4-8-19-40)39-30-28-38(29-31-39)37-16-5-3-6-17-37/h3-36H,1-2H3. The summed E-state index contributed by atoms with van der Waals surface area (Å²) >= 11 is 0. The highest BCUT2D eigenvalue weighted by Crippen LogP contribution is 2.54. The van der Waals surface area contributed by atoms with Crippen LogP contribution in [0.15, 0.2) is 206 Å². The number of benzene rings is 9. The van der Waals surface area contributed by atoms with E-state index in [1.165, 1.54) is 71.6 Å². The Morgan fingerprint density at radius 2 is 0.847 bits per heavy atom. The number of hydrogen-bond acceptors (Lipinski definition) is 2. The first-order valence-corrected chi connectivity index (χ1v) is 20.4. The molecule has 0 saturated heterocycles. The fraction of sp³-hybridized carbons (Fsp3) is 0.0526. The van der Waals surface area contributed by atoms with Gasteiger partial charge in [0.2, 0.25) is 0 Å². The molecule has 0 atom stereocenters. The molecule has 10 aromatic rings. The van der Waals surface area contributed by atoms with Crippen molar-refractivity contribution in [3.05, 3.63) is 217 Å². The lowest BCUT2D eigenvalue weighted by Crippen LogP contribution is -2.14. The lowest BCUT2D eigenvalue weighted by atomic mass is 9.81. The second kappa shape index (κ2) is 13.9. The van der Waals surface area contributed by atoms with Crippen LogP contribution in [0.1, 0.15) is 25.0 Å². The third-order valence-electron chi connectivity index (χ3n) is 12.3. The van der Waals surface area contributed by atoms with Gasteiger partial charge in [0, 0.05) is 22.1 Å². The van der Waals surface area contributed by atoms with E-state index in [9.17, 15) is 0 Å². The highest BCUT2D eigenvalue weighted by Gasteiger charge is 2.37. The summed E-state index contributed by atoms with van der Waals surface area (Å²) < 4.78 is 0. The van der Waals surface area contributed by atoms with Crippen LogP contribution in [0.3, 0.4) is 0 Å². The van der Waals surface area contributed by atoms with Gasteiger partial charge in [0.25, 0.3) is 0 Å². The van der Waals surface area contributed by atoms with E-state index in [-0.39, 0.29) is 5.41 Å². The molecular formula is C57H40N2. The molecule has 0 fully saturated rings. The average Bonchev–Trinajstić information content (AvgIpc) is 3.53. The van der Waals surface area contributed by atoms with Crippen molar-refractivity contribution in [2.75, 3.05) is 0 Å². The first-order valence-electron chi connectivity index (χ1n) is 20.4. The van der Waals surface area contributed by atoms with E-state index in [1.54, 1.807) is 0 Å². The molecule has 0 spiro atoms. The summed E-state index contributed by atoms with van der Waals surface area (Å²) in [5, 5.41) is 5.00. The Kier molecular flexibility index (Phi) is 8.20. The minimum atomic E-state index is -0.113. The van der Waals surface area contributed by atoms with E-state index in [4.69, 9.17) is 9.97 Å². The highest BCUT2D eigenvalue weighted by molar-refractivity contribution is 6.10. The van der Waals surface area contributed by atoms with Crippen LogP contribution in [0.5, 0.6) is 0 Å². The smallest absolute Gasteiger partial charge is 0.160 e. The zero-order valence-corrected chi connectivity index (χ0v) is 33.0. The Labute approximate surface area is 345 Å². The van der Waals surface area contributed by atoms with Crippen LogP contribution in [0, 0.1) is 0 Å². The molecule has 0 saturated carbocycles. The zero-order chi connectivity index (χ0) is 39.5. The molecule has 1 aromatic heterocycles. The molecule has 278 valence electrons. The summed E-state index contributed by atoms with van der Waals surface area (Å²) in [6.45, 7) is 4.74. The molecule has 0 N–H and O–H groups in total. The van der Waals surface area contributed by atoms with Crippen LogP contribution in [0.2, 0.25) is 0 Å². The number of hydrogen-bond donors (Lipinski definition) is 0. The molecule has 0 bridgehead atoms. The maximum atomic E-state index is 5.28. The second-order valence-corrected chi connectivity index (χ2v) is 16.1. The molecule has 2 nitrogen and oxygen atoms in total. The van der Waals surface area contributed by atoms with Gasteiger partial charge in [-0.3, -0.25) is 0 Å². The fourth-order valence-corrected chi connectivity index (χ4v) is 9.32. The van der Waals surface area contributed by atoms with Crippen molar-refractivity contribution in [2.24, 2.45) is 0 Å². The molecule has 11 rings (SSSR count). The summed E-state index contributed by atoms with van der Waals surface area (Å²) in [4.78, 5) is 10.4. The quantitative estimate of drug-likeness (QED) is 0.169. The SMILES string of the molecule is CC1(C)c2cc3ccccc3cc2-c2c(-c3ccc(-c4ccccc4-c4cc(-c5ccc(-c6ccccc6)cc5)nc(-c5ccccc5)n4)c4ccccc34)cccc21. The largest absolute Gasteiger partial charge is 0.228 e. The molecule has 0 radical (unpaired) electrons. The summed E-state index contributed by atoms with van der Waals surface area (Å²) in [5.74, 6) is 0.703. The topological polar surface area (TPSA) is 25.8 Å². The molecule has 0 amide bonds. The lowest BCUT2D eigenvalue weighted by molar-refractivity contribution is 0.661. The van der Waals surface area contributed by atoms with Gasteiger partial charge in [-0.05, 0) is 95.4 Å². The highest BCUT2D eigenvalue weighted by atomic mass is 14.9. The Morgan fingerprint density at radius 3 is 1.56 bits per heavy atom. The van der Waals surface area contributed by atoms with E-state index in [2.05, 4.69) is 202 Å². The van der Waals surface area contributed by atoms with Crippen LogP contribution in [-0.4, -0.2) is 9.97 Å². The molecular weight excluding hydrogens is 713 g/mol. The zero-order valence-electron chi connectivity index (χ0n) is 33.0. The number of fused-ring (bicyclic) bond motifs is 5. The first-order chi connectivity index (χ1) is 29.0. The molecule has 59 heavy (non-hydrogen) atoms. The van der Waals surface area contributed by atoms with Gasteiger partial charge in [0.15, 0.2) is 5.82 Å². The van der Waals surface area contributed by atoms with Crippen molar-refractivity contribution in [3.63, 3.8) is 0 Å². The summed E-state index contributed by atoms with van der Waals surface area (Å²) in [6.07, 6.45) is 0. The fourth-order valence-electron chi connectivity index (χ4n) is 9.32. The number of nitrogens with zero attached hydrogens (tertiary/aromatic N) is 2. The average molecular weight is 753 g/mol. The summed E-state index contributed by atoms with van der Waals surface area (Å²) in [7, 11) is 0. The van der Waals surface area contributed by atoms with Gasteiger partial charge in [0.05, 0.1) is 11.4 Å². The predicted molar refractivity (Wildman–Crippen MR) is 247 cm³/mol. The predicted octanol–water partition coefficient (Wildman–Crippen LogP) is 15.1. The Bertz CT molecular complexity index is 3220. The van der Waals surface area contributed by atoms with E-state index in [0.29, 0.717) is 5.82 Å². The molecule has 1 aliphatic carbocycles. The van der Waals surface area contributed by atoms with Gasteiger partial charge in [0.1, 0.15) is 0 Å². The van der Waals surface area contributed by atoms with Gasteiger partial charge in [-0.1, -0.05) is 202 Å². The second-order valence-electron chi connectivity index (χ2n) is 16.1. The number of rotatable bonds is 6. The summed E-state index contributed by atoms with van der Waals surface area (Å²) in [5.41, 5.74) is 17.4. The minimum Gasteiger partial charge on any atom is -0.228 e. The van der Waals surface area contributed by atoms with Gasteiger partial charge in [-0.15, -0.1) is 0 Å². The van der Waals surface area contributed by atoms with Crippen molar-refractivity contribution in [1.29, 1.82) is 0 Å². The van der Waals surface area contributed by atoms with Crippen LogP contribution < -0.4 is 0 Å². The first kappa shape index (κ1) is 34.8. The van der Waals surface area contributed by atoms with E-state index in [0.717, 1.165) is 33.6 Å². The maximum absolute atomic E-state index is 5.28. The van der Waals surface area contributed by atoms with Crippen molar-refractivity contribution in [3.8, 4) is 78.4 Å². The van der Waals surface area contributed by atoms with E-state index >= 15 is 0 Å². The van der Waals surface area contributed by atoms with Crippen molar-refractivity contribution in [1.82, 2.24) is 9.97 Å². The maximum Gasteiger partial charge on any atom is 0.160 e. The minimum absolute atomic E-state index is 0.113. The van der Waals surface area contributed by atoms with Crippen LogP contribution in [-0.2, 0) is 5.41 Å². The van der Waals surface area contributed by atoms with E-state index in [1.807, 2.05) is 18.2 Å². The van der Waals surface area contributed by atoms with Crippen molar-refractivity contribution < 1.29 is 0 Å². The van der Waals surface area contributed by atoms with Crippen molar-refractivity contribution >= 4 is 21.5 Å². The van der Waals surface area contributed by atoms with Crippen molar-refractivity contribution in [2.45, 2.75) is 19.3 Å². The van der Waals surface area contributed by atoms with Gasteiger partial charge in [-0.2, -0.15) is 0 Å². The molecule has 1 heterocycles. The van der Waals surface area contributed by atoms with Gasteiger partial charge in [-0.25, -0.2) is 9.97 Å². The third-order valence-corrected chi connectivity index (χ3v) is 12.3. The monoisotopic (exact) mass is 752 g/mol. The Balaban J connectivity index is 1.07. The van der Waals surface area contributed by atoms with Crippen LogP contribution in [0.25, 0.3) is 100.0 Å².